The summed E-state index contributed by atoms with van der Waals surface area (Å²) in [7, 11) is 0. The Morgan fingerprint density at radius 3 is 2.58 bits per heavy atom. The van der Waals surface area contributed by atoms with Crippen molar-refractivity contribution in [1.82, 2.24) is 29.6 Å². The summed E-state index contributed by atoms with van der Waals surface area (Å²) in [6.45, 7) is -0.790. The van der Waals surface area contributed by atoms with Crippen molar-refractivity contribution in [2.75, 3.05) is 19.6 Å². The lowest BCUT2D eigenvalue weighted by molar-refractivity contribution is -0.167. The molecule has 5 rings (SSSR count). The van der Waals surface area contributed by atoms with Crippen LogP contribution in [0.3, 0.4) is 0 Å². The van der Waals surface area contributed by atoms with E-state index in [1.807, 2.05) is 30.3 Å². The molecule has 0 spiro atoms. The summed E-state index contributed by atoms with van der Waals surface area (Å²) in [6, 6.07) is 13.2. The number of pyridine rings is 3. The van der Waals surface area contributed by atoms with Crippen LogP contribution >= 0.6 is 0 Å². The van der Waals surface area contributed by atoms with Gasteiger partial charge in [0.15, 0.2) is 0 Å². The van der Waals surface area contributed by atoms with Gasteiger partial charge in [0.25, 0.3) is 0 Å². The minimum absolute atomic E-state index is 0.0647. The molecule has 0 saturated carbocycles. The Bertz CT molecular complexity index is 1340. The molecule has 0 aliphatic carbocycles. The van der Waals surface area contributed by atoms with Crippen molar-refractivity contribution in [1.29, 1.82) is 5.26 Å². The normalized spacial score (nSPS) is 15.8. The second-order valence-electron chi connectivity index (χ2n) is 8.13. The second kappa shape index (κ2) is 7.94. The average molecular weight is 449 g/mol. The molecule has 0 unspecified atom stereocenters. The molecule has 0 atom stereocenters. The number of hydrogen-bond donors (Lipinski definition) is 0. The Kier molecular flexibility index (Phi) is 5.06. The van der Waals surface area contributed by atoms with Crippen molar-refractivity contribution < 1.29 is 13.2 Å². The molecule has 166 valence electrons. The van der Waals surface area contributed by atoms with Crippen molar-refractivity contribution in [3.8, 4) is 28.7 Å². The molecular weight excluding hydrogens is 431 g/mol. The molecule has 1 aliphatic rings. The van der Waals surface area contributed by atoms with Crippen molar-refractivity contribution in [3.05, 3.63) is 61.2 Å². The van der Waals surface area contributed by atoms with Gasteiger partial charge in [-0.3, -0.25) is 19.5 Å². The number of hydrogen-bond acceptors (Lipinski definition) is 6. The van der Waals surface area contributed by atoms with Crippen molar-refractivity contribution in [2.45, 2.75) is 18.1 Å². The van der Waals surface area contributed by atoms with Crippen molar-refractivity contribution >= 4 is 10.9 Å². The number of alkyl halides is 3. The van der Waals surface area contributed by atoms with E-state index in [2.05, 4.69) is 21.1 Å². The molecule has 0 N–H and O–H groups in total. The molecule has 4 aromatic rings. The molecular formula is C23H18F3N7. The van der Waals surface area contributed by atoms with Gasteiger partial charge in [-0.2, -0.15) is 23.5 Å². The number of rotatable bonds is 5. The maximum absolute atomic E-state index is 12.8. The third kappa shape index (κ3) is 4.03. The largest absolute Gasteiger partial charge is 0.401 e. The van der Waals surface area contributed by atoms with Crippen LogP contribution in [0.15, 0.2) is 61.2 Å². The number of fused-ring (bicyclic) bond motifs is 1. The van der Waals surface area contributed by atoms with Crippen LogP contribution in [0, 0.1) is 11.3 Å². The fourth-order valence-corrected chi connectivity index (χ4v) is 4.29. The van der Waals surface area contributed by atoms with Gasteiger partial charge in [-0.1, -0.05) is 0 Å². The van der Waals surface area contributed by atoms with Gasteiger partial charge in [0.05, 0.1) is 30.2 Å². The number of aromatic nitrogens is 5. The maximum atomic E-state index is 12.8. The van der Waals surface area contributed by atoms with E-state index in [9.17, 15) is 18.4 Å². The molecule has 0 amide bonds. The molecule has 1 fully saturated rings. The predicted octanol–water partition coefficient (Wildman–Crippen LogP) is 4.04. The fraction of sp³-hybridized carbons (Fsp3) is 0.261. The van der Waals surface area contributed by atoms with E-state index >= 15 is 0 Å². The van der Waals surface area contributed by atoms with Gasteiger partial charge in [0.2, 0.25) is 0 Å². The van der Waals surface area contributed by atoms with Gasteiger partial charge in [-0.25, -0.2) is 4.98 Å². The van der Waals surface area contributed by atoms with Gasteiger partial charge in [-0.05, 0) is 36.4 Å². The van der Waals surface area contributed by atoms with Crippen LogP contribution in [0.1, 0.15) is 6.42 Å². The molecule has 5 heterocycles. The summed E-state index contributed by atoms with van der Waals surface area (Å²) < 4.78 is 39.9. The Morgan fingerprint density at radius 2 is 1.85 bits per heavy atom. The monoisotopic (exact) mass is 449 g/mol. The molecule has 33 heavy (non-hydrogen) atoms. The molecule has 0 radical (unpaired) electrons. The lowest BCUT2D eigenvalue weighted by atomic mass is 9.87. The molecule has 0 aromatic carbocycles. The highest BCUT2D eigenvalue weighted by molar-refractivity contribution is 5.93. The van der Waals surface area contributed by atoms with Crippen molar-refractivity contribution in [3.63, 3.8) is 0 Å². The Hall–Kier alpha value is -3.84. The topological polar surface area (TPSA) is 83.5 Å². The fourth-order valence-electron chi connectivity index (χ4n) is 4.29. The van der Waals surface area contributed by atoms with Crippen LogP contribution in [-0.4, -0.2) is 55.4 Å². The van der Waals surface area contributed by atoms with Gasteiger partial charge >= 0.3 is 6.18 Å². The number of likely N-dealkylation sites (tertiary alicyclic amines) is 1. The zero-order valence-electron chi connectivity index (χ0n) is 17.4. The van der Waals surface area contributed by atoms with E-state index in [0.29, 0.717) is 17.1 Å². The van der Waals surface area contributed by atoms with E-state index < -0.39 is 18.3 Å². The number of halogens is 3. The first-order chi connectivity index (χ1) is 15.9. The van der Waals surface area contributed by atoms with Crippen LogP contribution in [0.2, 0.25) is 0 Å². The zero-order chi connectivity index (χ0) is 23.1. The SMILES string of the molecule is N#CCC1(n2ccc(-c3nc(-c4ccncc4)cc4ncccc34)n2)CN(CC(F)(F)F)C1. The molecule has 4 aromatic heterocycles. The van der Waals surface area contributed by atoms with E-state index in [0.717, 1.165) is 16.5 Å². The van der Waals surface area contributed by atoms with Crippen molar-refractivity contribution in [2.24, 2.45) is 0 Å². The predicted molar refractivity (Wildman–Crippen MR) is 115 cm³/mol. The summed E-state index contributed by atoms with van der Waals surface area (Å²) >= 11 is 0. The summed E-state index contributed by atoms with van der Waals surface area (Å²) in [5.41, 5.74) is 2.71. The average Bonchev–Trinajstić information content (AvgIpc) is 3.27. The van der Waals surface area contributed by atoms with E-state index in [4.69, 9.17) is 4.98 Å². The quantitative estimate of drug-likeness (QED) is 0.457. The molecule has 7 nitrogen and oxygen atoms in total. The summed E-state index contributed by atoms with van der Waals surface area (Å²) in [6.07, 6.45) is 2.56. The van der Waals surface area contributed by atoms with E-state index in [1.165, 1.54) is 4.90 Å². The summed E-state index contributed by atoms with van der Waals surface area (Å²) in [5.74, 6) is 0. The second-order valence-corrected chi connectivity index (χ2v) is 8.13. The van der Waals surface area contributed by atoms with Crippen LogP contribution in [0.5, 0.6) is 0 Å². The van der Waals surface area contributed by atoms with Crippen LogP contribution in [0.4, 0.5) is 13.2 Å². The minimum atomic E-state index is -4.28. The highest BCUT2D eigenvalue weighted by Crippen LogP contribution is 2.36. The third-order valence-electron chi connectivity index (χ3n) is 5.74. The van der Waals surface area contributed by atoms with Crippen LogP contribution in [0.25, 0.3) is 33.5 Å². The lowest BCUT2D eigenvalue weighted by Crippen LogP contribution is -2.64. The highest BCUT2D eigenvalue weighted by atomic mass is 19.4. The number of nitriles is 1. The summed E-state index contributed by atoms with van der Waals surface area (Å²) in [4.78, 5) is 14.6. The molecule has 10 heteroatoms. The number of nitrogens with zero attached hydrogens (tertiary/aromatic N) is 7. The Morgan fingerprint density at radius 1 is 1.06 bits per heavy atom. The van der Waals surface area contributed by atoms with E-state index in [1.54, 1.807) is 35.5 Å². The van der Waals surface area contributed by atoms with Gasteiger partial charge in [-0.15, -0.1) is 0 Å². The maximum Gasteiger partial charge on any atom is 0.401 e. The minimum Gasteiger partial charge on any atom is -0.290 e. The molecule has 1 saturated heterocycles. The first-order valence-electron chi connectivity index (χ1n) is 10.3. The smallest absolute Gasteiger partial charge is 0.290 e. The molecule has 1 aliphatic heterocycles. The Labute approximate surface area is 187 Å². The van der Waals surface area contributed by atoms with Gasteiger partial charge in [0, 0.05) is 48.8 Å². The lowest BCUT2D eigenvalue weighted by Gasteiger charge is -2.49. The first kappa shape index (κ1) is 21.0. The molecule has 0 bridgehead atoms. The summed E-state index contributed by atoms with van der Waals surface area (Å²) in [5, 5.41) is 14.8. The zero-order valence-corrected chi connectivity index (χ0v) is 17.4. The van der Waals surface area contributed by atoms with Crippen LogP contribution < -0.4 is 0 Å². The first-order valence-corrected chi connectivity index (χ1v) is 10.3. The van der Waals surface area contributed by atoms with Gasteiger partial charge < -0.3 is 0 Å². The van der Waals surface area contributed by atoms with E-state index in [-0.39, 0.29) is 19.5 Å². The Balaban J connectivity index is 1.53. The van der Waals surface area contributed by atoms with Crippen LogP contribution in [-0.2, 0) is 5.54 Å². The van der Waals surface area contributed by atoms with Gasteiger partial charge in [0.1, 0.15) is 16.9 Å². The highest BCUT2D eigenvalue weighted by Gasteiger charge is 2.48. The standard InChI is InChI=1S/C23H18F3N7/c24-23(25,26)15-32-13-22(14-32,6-7-27)33-11-5-18(31-33)21-17-2-1-8-29-20(17)12-19(30-21)16-3-9-28-10-4-16/h1-5,8-12H,6,13-15H2. The third-order valence-corrected chi connectivity index (χ3v) is 5.74.